The van der Waals surface area contributed by atoms with Crippen molar-refractivity contribution in [3.63, 3.8) is 0 Å². The van der Waals surface area contributed by atoms with Crippen molar-refractivity contribution in [2.75, 3.05) is 14.2 Å². The van der Waals surface area contributed by atoms with E-state index in [9.17, 15) is 4.79 Å². The Balaban J connectivity index is 1.42. The second kappa shape index (κ2) is 9.49. The first-order valence-corrected chi connectivity index (χ1v) is 11.1. The number of methoxy groups -OCH3 is 2. The van der Waals surface area contributed by atoms with Gasteiger partial charge in [-0.25, -0.2) is 9.78 Å². The number of hydrogen-bond acceptors (Lipinski definition) is 9. The molecule has 2 aromatic carbocycles. The van der Waals surface area contributed by atoms with Crippen molar-refractivity contribution < 1.29 is 23.5 Å². The molecule has 0 N–H and O–H groups in total. The highest BCUT2D eigenvalue weighted by atomic mass is 16.6. The van der Waals surface area contributed by atoms with Crippen molar-refractivity contribution >= 4 is 17.0 Å². The molecule has 0 bridgehead atoms. The normalized spacial score (nSPS) is 11.0. The Morgan fingerprint density at radius 3 is 2.58 bits per heavy atom. The van der Waals surface area contributed by atoms with Gasteiger partial charge in [-0.2, -0.15) is 10.1 Å². The molecule has 182 valence electrons. The number of aryl methyl sites for hydroxylation is 2. The molecule has 36 heavy (non-hydrogen) atoms. The van der Waals surface area contributed by atoms with Crippen LogP contribution in [0.4, 0.5) is 0 Å². The average Bonchev–Trinajstić information content (AvgIpc) is 3.50. The molecule has 5 aromatic rings. The van der Waals surface area contributed by atoms with Gasteiger partial charge in [0, 0.05) is 18.7 Å². The van der Waals surface area contributed by atoms with E-state index in [0.29, 0.717) is 50.9 Å². The van der Waals surface area contributed by atoms with Gasteiger partial charge >= 0.3 is 5.97 Å². The fraction of sp³-hybridized carbons (Fsp3) is 0.192. The summed E-state index contributed by atoms with van der Waals surface area (Å²) in [6.07, 6.45) is 0. The fourth-order valence-corrected chi connectivity index (χ4v) is 3.97. The standard InChI is InChI=1S/C26H23N5O5/c1-15-23-19(13-20(16-8-6-5-7-9-16)27-25(23)31(2)29-15)26(32)35-14-22-28-24(30-36-22)18-11-10-17(33-3)12-21(18)34-4/h5-13H,14H2,1-4H3. The number of fused-ring (bicyclic) bond motifs is 1. The number of carbonyl (C=O) groups is 1. The molecule has 0 spiro atoms. The number of carbonyl (C=O) groups excluding carboxylic acids is 1. The van der Waals surface area contributed by atoms with E-state index in [1.807, 2.05) is 37.3 Å². The molecule has 10 nitrogen and oxygen atoms in total. The maximum atomic E-state index is 13.2. The van der Waals surface area contributed by atoms with Gasteiger partial charge in [0.05, 0.1) is 42.1 Å². The molecule has 3 heterocycles. The summed E-state index contributed by atoms with van der Waals surface area (Å²) < 4.78 is 23.2. The van der Waals surface area contributed by atoms with Gasteiger partial charge < -0.3 is 18.7 Å². The SMILES string of the molecule is COc1ccc(-c2noc(COC(=O)c3cc(-c4ccccc4)nc4c3c(C)nn4C)n2)c(OC)c1. The molecule has 10 heteroatoms. The Labute approximate surface area is 206 Å². The largest absolute Gasteiger partial charge is 0.497 e. The highest BCUT2D eigenvalue weighted by molar-refractivity contribution is 6.05. The maximum absolute atomic E-state index is 13.2. The van der Waals surface area contributed by atoms with Crippen molar-refractivity contribution in [2.45, 2.75) is 13.5 Å². The molecule has 0 amide bonds. The van der Waals surface area contributed by atoms with Gasteiger partial charge in [0.2, 0.25) is 5.82 Å². The highest BCUT2D eigenvalue weighted by Crippen LogP contribution is 2.32. The van der Waals surface area contributed by atoms with Crippen LogP contribution >= 0.6 is 0 Å². The number of pyridine rings is 1. The first-order chi connectivity index (χ1) is 17.5. The summed E-state index contributed by atoms with van der Waals surface area (Å²) in [5.41, 5.74) is 3.77. The Kier molecular flexibility index (Phi) is 6.07. The molecule has 5 rings (SSSR count). The predicted octanol–water partition coefficient (Wildman–Crippen LogP) is 4.37. The maximum Gasteiger partial charge on any atom is 0.339 e. The van der Waals surface area contributed by atoms with E-state index in [-0.39, 0.29) is 12.5 Å². The van der Waals surface area contributed by atoms with Crippen molar-refractivity contribution in [1.29, 1.82) is 0 Å². The summed E-state index contributed by atoms with van der Waals surface area (Å²) in [4.78, 5) is 22.3. The third kappa shape index (κ3) is 4.24. The third-order valence-corrected chi connectivity index (χ3v) is 5.70. The number of benzene rings is 2. The summed E-state index contributed by atoms with van der Waals surface area (Å²) in [5.74, 6) is 1.07. The second-order valence-corrected chi connectivity index (χ2v) is 7.98. The minimum atomic E-state index is -0.544. The van der Waals surface area contributed by atoms with Crippen LogP contribution < -0.4 is 9.47 Å². The zero-order valence-electron chi connectivity index (χ0n) is 20.2. The predicted molar refractivity (Wildman–Crippen MR) is 131 cm³/mol. The third-order valence-electron chi connectivity index (χ3n) is 5.70. The summed E-state index contributed by atoms with van der Waals surface area (Å²) in [6.45, 7) is 1.63. The molecule has 0 fully saturated rings. The number of ether oxygens (including phenoxy) is 3. The zero-order valence-corrected chi connectivity index (χ0v) is 20.2. The number of hydrogen-bond donors (Lipinski definition) is 0. The lowest BCUT2D eigenvalue weighted by Crippen LogP contribution is -2.08. The molecule has 3 aromatic heterocycles. The Morgan fingerprint density at radius 2 is 1.83 bits per heavy atom. The van der Waals surface area contributed by atoms with Crippen molar-refractivity contribution in [2.24, 2.45) is 7.05 Å². The number of nitrogens with zero attached hydrogens (tertiary/aromatic N) is 5. The van der Waals surface area contributed by atoms with Gasteiger partial charge in [-0.05, 0) is 25.1 Å². The molecule has 0 aliphatic heterocycles. The minimum Gasteiger partial charge on any atom is -0.497 e. The van der Waals surface area contributed by atoms with Crippen LogP contribution in [0.2, 0.25) is 0 Å². The number of rotatable bonds is 7. The van der Waals surface area contributed by atoms with Crippen LogP contribution in [-0.2, 0) is 18.4 Å². The molecule has 0 aliphatic carbocycles. The molecule has 0 aliphatic rings. The van der Waals surface area contributed by atoms with E-state index < -0.39 is 5.97 Å². The summed E-state index contributed by atoms with van der Waals surface area (Å²) in [6, 6.07) is 16.6. The summed E-state index contributed by atoms with van der Waals surface area (Å²) in [5, 5.41) is 9.07. The van der Waals surface area contributed by atoms with Crippen LogP contribution in [-0.4, -0.2) is 45.1 Å². The van der Waals surface area contributed by atoms with Gasteiger partial charge in [-0.15, -0.1) is 0 Å². The number of esters is 1. The first-order valence-electron chi connectivity index (χ1n) is 11.1. The van der Waals surface area contributed by atoms with Gasteiger partial charge in [-0.3, -0.25) is 4.68 Å². The molecule has 0 atom stereocenters. The lowest BCUT2D eigenvalue weighted by atomic mass is 10.1. The summed E-state index contributed by atoms with van der Waals surface area (Å²) >= 11 is 0. The van der Waals surface area contributed by atoms with Gasteiger partial charge in [0.25, 0.3) is 5.89 Å². The van der Waals surface area contributed by atoms with Crippen LogP contribution in [0, 0.1) is 6.92 Å². The van der Waals surface area contributed by atoms with Crippen LogP contribution in [0.1, 0.15) is 21.9 Å². The van der Waals surface area contributed by atoms with Gasteiger partial charge in [0.15, 0.2) is 12.3 Å². The van der Waals surface area contributed by atoms with Crippen LogP contribution in [0.25, 0.3) is 33.7 Å². The quantitative estimate of drug-likeness (QED) is 0.310. The van der Waals surface area contributed by atoms with Gasteiger partial charge in [-0.1, -0.05) is 35.5 Å². The van der Waals surface area contributed by atoms with Crippen molar-refractivity contribution in [3.8, 4) is 34.1 Å². The number of aromatic nitrogens is 5. The second-order valence-electron chi connectivity index (χ2n) is 7.98. The lowest BCUT2D eigenvalue weighted by Gasteiger charge is -2.08. The van der Waals surface area contributed by atoms with E-state index in [1.54, 1.807) is 50.2 Å². The lowest BCUT2D eigenvalue weighted by molar-refractivity contribution is 0.0432. The molecule has 0 saturated heterocycles. The van der Waals surface area contributed by atoms with Crippen molar-refractivity contribution in [3.05, 3.63) is 71.7 Å². The Bertz CT molecular complexity index is 1560. The van der Waals surface area contributed by atoms with E-state index in [2.05, 4.69) is 15.2 Å². The van der Waals surface area contributed by atoms with E-state index >= 15 is 0 Å². The zero-order chi connectivity index (χ0) is 25.2. The molecule has 0 radical (unpaired) electrons. The van der Waals surface area contributed by atoms with Crippen molar-refractivity contribution in [1.82, 2.24) is 24.9 Å². The monoisotopic (exact) mass is 485 g/mol. The van der Waals surface area contributed by atoms with E-state index in [0.717, 1.165) is 5.56 Å². The first kappa shape index (κ1) is 23.0. The Hall–Kier alpha value is -4.73. The van der Waals surface area contributed by atoms with Gasteiger partial charge in [0.1, 0.15) is 11.5 Å². The van der Waals surface area contributed by atoms with E-state index in [1.165, 1.54) is 0 Å². The highest BCUT2D eigenvalue weighted by Gasteiger charge is 2.22. The smallest absolute Gasteiger partial charge is 0.339 e. The fourth-order valence-electron chi connectivity index (χ4n) is 3.97. The molecular weight excluding hydrogens is 462 g/mol. The topological polar surface area (TPSA) is 114 Å². The van der Waals surface area contributed by atoms with E-state index in [4.69, 9.17) is 23.7 Å². The molecular formula is C26H23N5O5. The Morgan fingerprint density at radius 1 is 1.03 bits per heavy atom. The molecule has 0 unspecified atom stereocenters. The minimum absolute atomic E-state index is 0.146. The van der Waals surface area contributed by atoms with Crippen LogP contribution in [0.3, 0.4) is 0 Å². The average molecular weight is 486 g/mol. The van der Waals surface area contributed by atoms with Crippen LogP contribution in [0.15, 0.2) is 59.1 Å². The van der Waals surface area contributed by atoms with Crippen LogP contribution in [0.5, 0.6) is 11.5 Å². The molecule has 0 saturated carbocycles. The summed E-state index contributed by atoms with van der Waals surface area (Å²) in [7, 11) is 4.90.